The summed E-state index contributed by atoms with van der Waals surface area (Å²) >= 11 is 0. The minimum absolute atomic E-state index is 0.129. The maximum atomic E-state index is 12.9. The Kier molecular flexibility index (Phi) is 6.39. The number of alkyl halides is 3. The smallest absolute Gasteiger partial charge is 0.378 e. The highest BCUT2D eigenvalue weighted by molar-refractivity contribution is 5.81. The van der Waals surface area contributed by atoms with Gasteiger partial charge in [0.25, 0.3) is 0 Å². The first-order valence-corrected chi connectivity index (χ1v) is 9.33. The van der Waals surface area contributed by atoms with Gasteiger partial charge in [0.05, 0.1) is 24.8 Å². The van der Waals surface area contributed by atoms with Crippen molar-refractivity contribution in [1.82, 2.24) is 14.7 Å². The molecule has 27 heavy (non-hydrogen) atoms. The van der Waals surface area contributed by atoms with Gasteiger partial charge < -0.3 is 9.64 Å². The van der Waals surface area contributed by atoms with E-state index in [1.54, 1.807) is 6.07 Å². The zero-order chi connectivity index (χ0) is 19.4. The van der Waals surface area contributed by atoms with Crippen molar-refractivity contribution < 1.29 is 22.7 Å². The lowest BCUT2D eigenvalue weighted by Crippen LogP contribution is -2.55. The van der Waals surface area contributed by atoms with Gasteiger partial charge in [-0.2, -0.15) is 13.2 Å². The Hall–Kier alpha value is -1.64. The van der Waals surface area contributed by atoms with Gasteiger partial charge in [-0.3, -0.25) is 14.6 Å². The maximum absolute atomic E-state index is 12.9. The summed E-state index contributed by atoms with van der Waals surface area (Å²) in [6, 6.07) is 5.32. The number of rotatable bonds is 4. The number of carbonyl (C=O) groups is 1. The van der Waals surface area contributed by atoms with Crippen molar-refractivity contribution in [2.24, 2.45) is 0 Å². The van der Waals surface area contributed by atoms with E-state index in [1.807, 2.05) is 11.8 Å². The second-order valence-electron chi connectivity index (χ2n) is 7.12. The number of carbonyl (C=O) groups excluding carboxylic acids is 1. The van der Waals surface area contributed by atoms with Crippen LogP contribution in [0.3, 0.4) is 0 Å². The second-order valence-corrected chi connectivity index (χ2v) is 7.12. The number of halogens is 3. The molecule has 0 saturated carbocycles. The van der Waals surface area contributed by atoms with Gasteiger partial charge in [-0.15, -0.1) is 0 Å². The van der Waals surface area contributed by atoms with Crippen molar-refractivity contribution in [3.63, 3.8) is 0 Å². The van der Waals surface area contributed by atoms with Gasteiger partial charge in [-0.05, 0) is 18.6 Å². The summed E-state index contributed by atoms with van der Waals surface area (Å²) in [5.41, 5.74) is 0.0547. The monoisotopic (exact) mass is 385 g/mol. The van der Waals surface area contributed by atoms with Crippen LogP contribution in [0.1, 0.15) is 18.1 Å². The van der Waals surface area contributed by atoms with Gasteiger partial charge in [0.15, 0.2) is 0 Å². The number of ether oxygens (including phenoxy) is 1. The van der Waals surface area contributed by atoms with Gasteiger partial charge in [-0.25, -0.2) is 0 Å². The summed E-state index contributed by atoms with van der Waals surface area (Å²) in [4.78, 5) is 18.8. The maximum Gasteiger partial charge on any atom is 0.416 e. The Morgan fingerprint density at radius 2 is 1.78 bits per heavy atom. The van der Waals surface area contributed by atoms with Crippen LogP contribution in [0.25, 0.3) is 0 Å². The molecule has 2 saturated heterocycles. The number of nitrogens with zero attached hydrogens (tertiary/aromatic N) is 3. The number of amides is 1. The first kappa shape index (κ1) is 20.1. The van der Waals surface area contributed by atoms with Gasteiger partial charge >= 0.3 is 6.18 Å². The van der Waals surface area contributed by atoms with Crippen molar-refractivity contribution in [2.45, 2.75) is 25.7 Å². The summed E-state index contributed by atoms with van der Waals surface area (Å²) < 4.78 is 43.8. The minimum Gasteiger partial charge on any atom is -0.378 e. The van der Waals surface area contributed by atoms with Crippen LogP contribution in [0.15, 0.2) is 24.3 Å². The molecule has 1 aromatic carbocycles. The molecule has 0 spiro atoms. The molecule has 0 bridgehead atoms. The second kappa shape index (κ2) is 8.58. The highest BCUT2D eigenvalue weighted by Crippen LogP contribution is 2.29. The van der Waals surface area contributed by atoms with Crippen LogP contribution < -0.4 is 0 Å². The predicted molar refractivity (Wildman–Crippen MR) is 95.2 cm³/mol. The number of piperazine rings is 1. The van der Waals surface area contributed by atoms with E-state index in [9.17, 15) is 18.0 Å². The Balaban J connectivity index is 1.51. The highest BCUT2D eigenvalue weighted by atomic mass is 19.4. The largest absolute Gasteiger partial charge is 0.416 e. The zero-order valence-corrected chi connectivity index (χ0v) is 15.5. The molecule has 150 valence electrons. The van der Waals surface area contributed by atoms with E-state index in [2.05, 4.69) is 9.80 Å². The van der Waals surface area contributed by atoms with Crippen molar-refractivity contribution in [3.8, 4) is 0 Å². The molecule has 2 heterocycles. The van der Waals surface area contributed by atoms with Crippen LogP contribution in [-0.2, 0) is 22.3 Å². The van der Waals surface area contributed by atoms with Gasteiger partial charge in [0.1, 0.15) is 0 Å². The number of morpholine rings is 1. The van der Waals surface area contributed by atoms with Gasteiger partial charge in [-0.1, -0.05) is 18.2 Å². The van der Waals surface area contributed by atoms with E-state index in [0.717, 1.165) is 32.2 Å². The molecule has 1 unspecified atom stereocenters. The van der Waals surface area contributed by atoms with E-state index < -0.39 is 11.7 Å². The van der Waals surface area contributed by atoms with Gasteiger partial charge in [0, 0.05) is 45.8 Å². The summed E-state index contributed by atoms with van der Waals surface area (Å²) in [7, 11) is 0. The summed E-state index contributed by atoms with van der Waals surface area (Å²) in [6.45, 7) is 7.80. The molecule has 2 aliphatic heterocycles. The van der Waals surface area contributed by atoms with Crippen LogP contribution in [-0.4, -0.2) is 79.1 Å². The van der Waals surface area contributed by atoms with Gasteiger partial charge in [0.2, 0.25) is 5.91 Å². The lowest BCUT2D eigenvalue weighted by atomic mass is 10.1. The molecule has 1 atom stereocenters. The van der Waals surface area contributed by atoms with E-state index in [0.29, 0.717) is 38.4 Å². The van der Waals surface area contributed by atoms with Crippen molar-refractivity contribution in [1.29, 1.82) is 0 Å². The fourth-order valence-corrected chi connectivity index (χ4v) is 3.62. The Bertz CT molecular complexity index is 639. The highest BCUT2D eigenvalue weighted by Gasteiger charge is 2.31. The molecule has 3 rings (SSSR count). The Morgan fingerprint density at radius 3 is 2.41 bits per heavy atom. The number of hydrogen-bond donors (Lipinski definition) is 0. The summed E-state index contributed by atoms with van der Waals surface area (Å²) in [6.07, 6.45) is -4.32. The number of benzene rings is 1. The summed E-state index contributed by atoms with van der Waals surface area (Å²) in [5.74, 6) is 0.129. The molecule has 0 aromatic heterocycles. The van der Waals surface area contributed by atoms with E-state index in [4.69, 9.17) is 4.74 Å². The topological polar surface area (TPSA) is 36.0 Å². The van der Waals surface area contributed by atoms with Crippen molar-refractivity contribution in [3.05, 3.63) is 35.4 Å². The molecule has 0 radical (unpaired) electrons. The van der Waals surface area contributed by atoms with Crippen LogP contribution >= 0.6 is 0 Å². The van der Waals surface area contributed by atoms with Crippen LogP contribution in [0.4, 0.5) is 13.2 Å². The first-order valence-electron chi connectivity index (χ1n) is 9.33. The van der Waals surface area contributed by atoms with Crippen LogP contribution in [0.5, 0.6) is 0 Å². The van der Waals surface area contributed by atoms with E-state index >= 15 is 0 Å². The standard InChI is InChI=1S/C19H26F3N3O2/c1-15(18(26)25-9-11-27-12-10-25)24-7-5-23(6-8-24)14-16-3-2-4-17(13-16)19(20,21)22/h2-4,13,15H,5-12,14H2,1H3. The average molecular weight is 385 g/mol. The van der Waals surface area contributed by atoms with Crippen molar-refractivity contribution >= 4 is 5.91 Å². The first-order chi connectivity index (χ1) is 12.8. The van der Waals surface area contributed by atoms with Crippen LogP contribution in [0.2, 0.25) is 0 Å². The van der Waals surface area contributed by atoms with Crippen LogP contribution in [0, 0.1) is 0 Å². The molecule has 2 aliphatic rings. The molecular weight excluding hydrogens is 359 g/mol. The zero-order valence-electron chi connectivity index (χ0n) is 15.5. The molecule has 0 aliphatic carbocycles. The average Bonchev–Trinajstić information content (AvgIpc) is 2.68. The Labute approximate surface area is 157 Å². The molecule has 2 fully saturated rings. The predicted octanol–water partition coefficient (Wildman–Crippen LogP) is 2.07. The fourth-order valence-electron chi connectivity index (χ4n) is 3.62. The molecular formula is C19H26F3N3O2. The van der Waals surface area contributed by atoms with Crippen molar-refractivity contribution in [2.75, 3.05) is 52.5 Å². The minimum atomic E-state index is -4.32. The number of hydrogen-bond acceptors (Lipinski definition) is 4. The molecule has 1 amide bonds. The quantitative estimate of drug-likeness (QED) is 0.795. The third kappa shape index (κ3) is 5.21. The Morgan fingerprint density at radius 1 is 1.11 bits per heavy atom. The molecule has 5 nitrogen and oxygen atoms in total. The normalized spacial score (nSPS) is 21.3. The molecule has 1 aromatic rings. The molecule has 0 N–H and O–H groups in total. The molecule has 8 heteroatoms. The summed E-state index contributed by atoms with van der Waals surface area (Å²) in [5, 5.41) is 0. The lowest BCUT2D eigenvalue weighted by molar-refractivity contribution is -0.141. The lowest BCUT2D eigenvalue weighted by Gasteiger charge is -2.39. The fraction of sp³-hybridized carbons (Fsp3) is 0.632. The van der Waals surface area contributed by atoms with E-state index in [-0.39, 0.29) is 11.9 Å². The third-order valence-electron chi connectivity index (χ3n) is 5.30. The third-order valence-corrected chi connectivity index (χ3v) is 5.30. The SMILES string of the molecule is CC(C(=O)N1CCOCC1)N1CCN(Cc2cccc(C(F)(F)F)c2)CC1. The van der Waals surface area contributed by atoms with E-state index in [1.165, 1.54) is 12.1 Å².